The highest BCUT2D eigenvalue weighted by molar-refractivity contribution is 7.88. The Bertz CT molecular complexity index is 713. The van der Waals surface area contributed by atoms with E-state index in [1.807, 2.05) is 0 Å². The summed E-state index contributed by atoms with van der Waals surface area (Å²) in [6.07, 6.45) is -0.408. The summed E-state index contributed by atoms with van der Waals surface area (Å²) in [4.78, 5) is 13.7. The molecule has 2 rings (SSSR count). The van der Waals surface area contributed by atoms with Crippen LogP contribution in [0.5, 0.6) is 0 Å². The molecule has 1 aromatic rings. The Balaban J connectivity index is 2.02. The Morgan fingerprint density at radius 2 is 1.84 bits per heavy atom. The van der Waals surface area contributed by atoms with Gasteiger partial charge in [-0.1, -0.05) is 23.7 Å². The number of carbonyl (C=O) groups excluding carboxylic acids is 1. The van der Waals surface area contributed by atoms with E-state index in [0.717, 1.165) is 0 Å². The minimum absolute atomic E-state index is 0.0824. The van der Waals surface area contributed by atoms with Crippen molar-refractivity contribution in [2.45, 2.75) is 45.1 Å². The summed E-state index contributed by atoms with van der Waals surface area (Å²) < 4.78 is 32.2. The number of sulfonamides is 1. The van der Waals surface area contributed by atoms with Crippen LogP contribution >= 0.6 is 11.6 Å². The van der Waals surface area contributed by atoms with Crippen LogP contribution in [0.2, 0.25) is 5.02 Å². The van der Waals surface area contributed by atoms with Crippen molar-refractivity contribution in [1.82, 2.24) is 9.21 Å². The third kappa shape index (κ3) is 5.59. The number of benzene rings is 1. The van der Waals surface area contributed by atoms with Gasteiger partial charge >= 0.3 is 6.09 Å². The van der Waals surface area contributed by atoms with Crippen LogP contribution in [0.3, 0.4) is 0 Å². The van der Waals surface area contributed by atoms with Gasteiger partial charge in [0.15, 0.2) is 0 Å². The molecule has 1 heterocycles. The predicted octanol–water partition coefficient (Wildman–Crippen LogP) is 3.11. The number of hydrogen-bond acceptors (Lipinski definition) is 4. The summed E-state index contributed by atoms with van der Waals surface area (Å²) in [6, 6.07) is 6.47. The lowest BCUT2D eigenvalue weighted by molar-refractivity contribution is 0.0143. The zero-order valence-corrected chi connectivity index (χ0v) is 16.6. The zero-order valence-electron chi connectivity index (χ0n) is 15.0. The molecule has 0 aliphatic carbocycles. The number of rotatable bonds is 3. The molecule has 1 atom stereocenters. The molecule has 0 bridgehead atoms. The molecule has 0 N–H and O–H groups in total. The Kier molecular flexibility index (Phi) is 6.01. The monoisotopic (exact) mass is 388 g/mol. The SMILES string of the molecule is CC1CN(C(=O)OC(C)(C)C)CCN1S(=O)(=O)Cc1ccc(Cl)cc1. The van der Waals surface area contributed by atoms with Crippen molar-refractivity contribution >= 4 is 27.7 Å². The number of carbonyl (C=O) groups is 1. The molecule has 0 saturated carbocycles. The van der Waals surface area contributed by atoms with Gasteiger partial charge in [-0.05, 0) is 45.4 Å². The van der Waals surface area contributed by atoms with Crippen LogP contribution in [-0.2, 0) is 20.5 Å². The average Bonchev–Trinajstić information content (AvgIpc) is 2.47. The van der Waals surface area contributed by atoms with Gasteiger partial charge in [0, 0.05) is 30.7 Å². The lowest BCUT2D eigenvalue weighted by atomic mass is 10.2. The smallest absolute Gasteiger partial charge is 0.410 e. The van der Waals surface area contributed by atoms with Gasteiger partial charge in [0.05, 0.1) is 5.75 Å². The first-order valence-corrected chi connectivity index (χ1v) is 10.2. The van der Waals surface area contributed by atoms with Gasteiger partial charge in [-0.15, -0.1) is 0 Å². The lowest BCUT2D eigenvalue weighted by Crippen LogP contribution is -2.56. The number of halogens is 1. The molecule has 1 unspecified atom stereocenters. The third-order valence-corrected chi connectivity index (χ3v) is 6.05. The minimum Gasteiger partial charge on any atom is -0.444 e. The Morgan fingerprint density at radius 3 is 2.36 bits per heavy atom. The first-order valence-electron chi connectivity index (χ1n) is 8.20. The topological polar surface area (TPSA) is 66.9 Å². The highest BCUT2D eigenvalue weighted by atomic mass is 35.5. The van der Waals surface area contributed by atoms with E-state index in [1.54, 1.807) is 56.9 Å². The maximum atomic E-state index is 12.7. The molecule has 8 heteroatoms. The van der Waals surface area contributed by atoms with Crippen LogP contribution < -0.4 is 0 Å². The minimum atomic E-state index is -3.47. The fourth-order valence-corrected chi connectivity index (χ4v) is 4.60. The summed E-state index contributed by atoms with van der Waals surface area (Å²) >= 11 is 5.84. The van der Waals surface area contributed by atoms with E-state index in [9.17, 15) is 13.2 Å². The molecule has 1 aliphatic heterocycles. The predicted molar refractivity (Wildman–Crippen MR) is 98.1 cm³/mol. The Labute approximate surface area is 154 Å². The summed E-state index contributed by atoms with van der Waals surface area (Å²) in [7, 11) is -3.47. The van der Waals surface area contributed by atoms with E-state index in [0.29, 0.717) is 23.7 Å². The van der Waals surface area contributed by atoms with Crippen LogP contribution in [0.15, 0.2) is 24.3 Å². The summed E-state index contributed by atoms with van der Waals surface area (Å²) in [5, 5.41) is 0.570. The van der Waals surface area contributed by atoms with Crippen LogP contribution in [0.4, 0.5) is 4.79 Å². The number of nitrogens with zero attached hydrogens (tertiary/aromatic N) is 2. The molecule has 0 aromatic heterocycles. The van der Waals surface area contributed by atoms with Crippen LogP contribution in [-0.4, -0.2) is 55.0 Å². The molecule has 1 aliphatic rings. The Hall–Kier alpha value is -1.31. The number of hydrogen-bond donors (Lipinski definition) is 0. The van der Waals surface area contributed by atoms with Gasteiger partial charge in [-0.2, -0.15) is 4.31 Å². The average molecular weight is 389 g/mol. The molecule has 25 heavy (non-hydrogen) atoms. The van der Waals surface area contributed by atoms with Gasteiger partial charge in [0.1, 0.15) is 5.60 Å². The van der Waals surface area contributed by atoms with Crippen LogP contribution in [0, 0.1) is 0 Å². The van der Waals surface area contributed by atoms with Crippen molar-refractivity contribution in [2.24, 2.45) is 0 Å². The first kappa shape index (κ1) is 20.0. The molecule has 140 valence electrons. The lowest BCUT2D eigenvalue weighted by Gasteiger charge is -2.39. The molecule has 1 aromatic carbocycles. The quantitative estimate of drug-likeness (QED) is 0.797. The maximum Gasteiger partial charge on any atom is 0.410 e. The third-order valence-electron chi connectivity index (χ3n) is 3.84. The van der Waals surface area contributed by atoms with Crippen LogP contribution in [0.25, 0.3) is 0 Å². The normalized spacial score (nSPS) is 19.7. The van der Waals surface area contributed by atoms with Crippen molar-refractivity contribution in [2.75, 3.05) is 19.6 Å². The standard InChI is InChI=1S/C17H25ClN2O4S/c1-13-11-19(16(21)24-17(2,3)4)9-10-20(13)25(22,23)12-14-5-7-15(18)8-6-14/h5-8,13H,9-12H2,1-4H3. The van der Waals surface area contributed by atoms with Crippen molar-refractivity contribution in [1.29, 1.82) is 0 Å². The molecule has 0 spiro atoms. The zero-order chi connectivity index (χ0) is 18.8. The van der Waals surface area contributed by atoms with E-state index < -0.39 is 21.7 Å². The van der Waals surface area contributed by atoms with E-state index in [2.05, 4.69) is 0 Å². The number of amides is 1. The number of ether oxygens (including phenoxy) is 1. The van der Waals surface area contributed by atoms with Gasteiger partial charge in [-0.25, -0.2) is 13.2 Å². The van der Waals surface area contributed by atoms with E-state index in [1.165, 1.54) is 4.31 Å². The molecule has 0 radical (unpaired) electrons. The molecular weight excluding hydrogens is 364 g/mol. The molecular formula is C17H25ClN2O4S. The second-order valence-electron chi connectivity index (χ2n) is 7.27. The first-order chi connectivity index (χ1) is 11.5. The molecule has 6 nitrogen and oxygen atoms in total. The molecule has 1 amide bonds. The fraction of sp³-hybridized carbons (Fsp3) is 0.588. The van der Waals surface area contributed by atoms with Gasteiger partial charge in [0.25, 0.3) is 0 Å². The van der Waals surface area contributed by atoms with E-state index in [4.69, 9.17) is 16.3 Å². The molecule has 1 fully saturated rings. The van der Waals surface area contributed by atoms with Crippen molar-refractivity contribution in [3.05, 3.63) is 34.9 Å². The summed E-state index contributed by atoms with van der Waals surface area (Å²) in [5.41, 5.74) is 0.115. The summed E-state index contributed by atoms with van der Waals surface area (Å²) in [5.74, 6) is -0.0824. The summed E-state index contributed by atoms with van der Waals surface area (Å²) in [6.45, 7) is 8.11. The Morgan fingerprint density at radius 1 is 1.24 bits per heavy atom. The second kappa shape index (κ2) is 7.51. The van der Waals surface area contributed by atoms with Gasteiger partial charge in [-0.3, -0.25) is 0 Å². The highest BCUT2D eigenvalue weighted by Crippen LogP contribution is 2.20. The van der Waals surface area contributed by atoms with Crippen molar-refractivity contribution in [3.63, 3.8) is 0 Å². The van der Waals surface area contributed by atoms with Crippen LogP contribution in [0.1, 0.15) is 33.3 Å². The van der Waals surface area contributed by atoms with Gasteiger partial charge < -0.3 is 9.64 Å². The largest absolute Gasteiger partial charge is 0.444 e. The van der Waals surface area contributed by atoms with E-state index in [-0.39, 0.29) is 18.3 Å². The fourth-order valence-electron chi connectivity index (χ4n) is 2.72. The second-order valence-corrected chi connectivity index (χ2v) is 9.63. The van der Waals surface area contributed by atoms with Crippen molar-refractivity contribution < 1.29 is 17.9 Å². The highest BCUT2D eigenvalue weighted by Gasteiger charge is 2.35. The van der Waals surface area contributed by atoms with Crippen molar-refractivity contribution in [3.8, 4) is 0 Å². The number of piperazine rings is 1. The van der Waals surface area contributed by atoms with Gasteiger partial charge in [0.2, 0.25) is 10.0 Å². The molecule has 1 saturated heterocycles. The van der Waals surface area contributed by atoms with E-state index >= 15 is 0 Å². The maximum absolute atomic E-state index is 12.7.